The summed E-state index contributed by atoms with van der Waals surface area (Å²) in [5, 5.41) is 3.06. The maximum Gasteiger partial charge on any atom is 0.243 e. The lowest BCUT2D eigenvalue weighted by molar-refractivity contribution is -0.143. The van der Waals surface area contributed by atoms with Gasteiger partial charge in [0.15, 0.2) is 0 Å². The molecule has 178 valence electrons. The van der Waals surface area contributed by atoms with Crippen LogP contribution in [0.4, 0.5) is 0 Å². The molecule has 5 heteroatoms. The fourth-order valence-corrected chi connectivity index (χ4v) is 3.80. The molecule has 5 nitrogen and oxygen atoms in total. The first kappa shape index (κ1) is 25.0. The van der Waals surface area contributed by atoms with Gasteiger partial charge in [0.25, 0.3) is 0 Å². The molecule has 0 aliphatic rings. The molecule has 3 aromatic carbocycles. The van der Waals surface area contributed by atoms with Gasteiger partial charge in [0.1, 0.15) is 11.8 Å². The highest BCUT2D eigenvalue weighted by Gasteiger charge is 2.31. The van der Waals surface area contributed by atoms with Gasteiger partial charge in [0.2, 0.25) is 11.8 Å². The normalized spacial score (nSPS) is 11.7. The minimum atomic E-state index is -0.634. The van der Waals surface area contributed by atoms with Crippen molar-refractivity contribution in [1.29, 1.82) is 0 Å². The minimum Gasteiger partial charge on any atom is -0.497 e. The molecule has 0 saturated heterocycles. The van der Waals surface area contributed by atoms with Crippen molar-refractivity contribution in [2.75, 3.05) is 7.11 Å². The number of ether oxygens (including phenoxy) is 1. The fraction of sp³-hybridized carbons (Fsp3) is 0.310. The fourth-order valence-electron chi connectivity index (χ4n) is 3.80. The number of rotatable bonds is 10. The number of hydrogen-bond acceptors (Lipinski definition) is 3. The second kappa shape index (κ2) is 12.0. The van der Waals surface area contributed by atoms with E-state index in [2.05, 4.69) is 5.32 Å². The highest BCUT2D eigenvalue weighted by molar-refractivity contribution is 5.88. The number of hydrogen-bond donors (Lipinski definition) is 1. The van der Waals surface area contributed by atoms with Gasteiger partial charge in [-0.3, -0.25) is 9.59 Å². The van der Waals surface area contributed by atoms with Crippen LogP contribution in [0.15, 0.2) is 78.9 Å². The predicted octanol–water partition coefficient (Wildman–Crippen LogP) is 4.92. The van der Waals surface area contributed by atoms with E-state index in [4.69, 9.17) is 4.74 Å². The molecule has 0 heterocycles. The average Bonchev–Trinajstić information content (AvgIpc) is 2.86. The number of amides is 2. The van der Waals surface area contributed by atoms with Crippen LogP contribution in [0.25, 0.3) is 0 Å². The molecule has 0 spiro atoms. The Morgan fingerprint density at radius 2 is 1.47 bits per heavy atom. The Bertz CT molecular complexity index is 1060. The van der Waals surface area contributed by atoms with Crippen molar-refractivity contribution in [3.8, 4) is 5.75 Å². The number of carbonyl (C=O) groups excluding carboxylic acids is 2. The molecular formula is C29H34N2O3. The van der Waals surface area contributed by atoms with Gasteiger partial charge in [-0.15, -0.1) is 0 Å². The van der Waals surface area contributed by atoms with Gasteiger partial charge in [0, 0.05) is 25.4 Å². The van der Waals surface area contributed by atoms with Gasteiger partial charge >= 0.3 is 0 Å². The Morgan fingerprint density at radius 1 is 0.853 bits per heavy atom. The van der Waals surface area contributed by atoms with Crippen molar-refractivity contribution >= 4 is 11.8 Å². The smallest absolute Gasteiger partial charge is 0.243 e. The third kappa shape index (κ3) is 6.95. The van der Waals surface area contributed by atoms with Crippen molar-refractivity contribution < 1.29 is 14.3 Å². The predicted molar refractivity (Wildman–Crippen MR) is 135 cm³/mol. The van der Waals surface area contributed by atoms with Gasteiger partial charge in [-0.1, -0.05) is 86.1 Å². The first-order valence-electron chi connectivity index (χ1n) is 11.7. The van der Waals surface area contributed by atoms with Crippen LogP contribution in [0.5, 0.6) is 5.75 Å². The zero-order valence-corrected chi connectivity index (χ0v) is 20.5. The minimum absolute atomic E-state index is 0.0535. The number of carbonyl (C=O) groups is 2. The van der Waals surface area contributed by atoms with Crippen molar-refractivity contribution in [3.05, 3.63) is 101 Å². The van der Waals surface area contributed by atoms with E-state index in [9.17, 15) is 9.59 Å². The second-order valence-corrected chi connectivity index (χ2v) is 8.88. The summed E-state index contributed by atoms with van der Waals surface area (Å²) >= 11 is 0. The summed E-state index contributed by atoms with van der Waals surface area (Å²) in [5.41, 5.74) is 4.15. The number of nitrogens with one attached hydrogen (secondary N) is 1. The molecule has 0 saturated carbocycles. The molecule has 0 radical (unpaired) electrons. The first-order chi connectivity index (χ1) is 16.4. The van der Waals surface area contributed by atoms with E-state index < -0.39 is 6.04 Å². The van der Waals surface area contributed by atoms with Gasteiger partial charge in [-0.25, -0.2) is 0 Å². The summed E-state index contributed by atoms with van der Waals surface area (Å²) in [6.07, 6.45) is 0.440. The highest BCUT2D eigenvalue weighted by atomic mass is 16.5. The van der Waals surface area contributed by atoms with Crippen LogP contribution < -0.4 is 10.1 Å². The molecule has 0 aromatic heterocycles. The average molecular weight is 459 g/mol. The number of nitrogens with zero attached hydrogens (tertiary/aromatic N) is 1. The molecule has 34 heavy (non-hydrogen) atoms. The Balaban J connectivity index is 1.88. The molecule has 0 aliphatic carbocycles. The SMILES string of the molecule is COc1ccc(CN(C(=O)C(C)C)C(Cc2ccccc2)C(=O)NCc2ccc(C)cc2)cc1. The van der Waals surface area contributed by atoms with Crippen LogP contribution in [0.3, 0.4) is 0 Å². The second-order valence-electron chi connectivity index (χ2n) is 8.88. The van der Waals surface area contributed by atoms with Gasteiger partial charge in [-0.05, 0) is 35.7 Å². The van der Waals surface area contributed by atoms with Crippen LogP contribution in [-0.2, 0) is 29.1 Å². The zero-order chi connectivity index (χ0) is 24.5. The van der Waals surface area contributed by atoms with E-state index in [0.717, 1.165) is 22.4 Å². The summed E-state index contributed by atoms with van der Waals surface area (Å²) in [5.74, 6) is 0.303. The van der Waals surface area contributed by atoms with Crippen LogP contribution in [0.2, 0.25) is 0 Å². The highest BCUT2D eigenvalue weighted by Crippen LogP contribution is 2.19. The first-order valence-corrected chi connectivity index (χ1v) is 11.7. The standard InChI is InChI=1S/C29H34N2O3/c1-21(2)29(33)31(20-25-14-16-26(34-4)17-15-25)27(18-23-8-6-5-7-9-23)28(32)30-19-24-12-10-22(3)11-13-24/h5-17,21,27H,18-20H2,1-4H3,(H,30,32). The van der Waals surface area contributed by atoms with Crippen molar-refractivity contribution in [2.45, 2.75) is 46.3 Å². The van der Waals surface area contributed by atoms with Gasteiger partial charge < -0.3 is 15.0 Å². The third-order valence-corrected chi connectivity index (χ3v) is 5.83. The van der Waals surface area contributed by atoms with E-state index in [0.29, 0.717) is 19.5 Å². The molecule has 0 fully saturated rings. The Hall–Kier alpha value is -3.60. The molecule has 0 aliphatic heterocycles. The third-order valence-electron chi connectivity index (χ3n) is 5.83. The summed E-state index contributed by atoms with van der Waals surface area (Å²) in [6.45, 7) is 6.53. The molecule has 2 amide bonds. The largest absolute Gasteiger partial charge is 0.497 e. The molecular weight excluding hydrogens is 424 g/mol. The lowest BCUT2D eigenvalue weighted by atomic mass is 10.0. The molecule has 3 rings (SSSR count). The molecule has 0 bridgehead atoms. The zero-order valence-electron chi connectivity index (χ0n) is 20.5. The van der Waals surface area contributed by atoms with Crippen LogP contribution in [0.1, 0.15) is 36.1 Å². The summed E-state index contributed by atoms with van der Waals surface area (Å²) in [4.78, 5) is 28.6. The van der Waals surface area contributed by atoms with Gasteiger partial charge in [0.05, 0.1) is 7.11 Å². The van der Waals surface area contributed by atoms with Crippen molar-refractivity contribution in [1.82, 2.24) is 10.2 Å². The molecule has 3 aromatic rings. The number of methoxy groups -OCH3 is 1. The lowest BCUT2D eigenvalue weighted by Crippen LogP contribution is -2.51. The lowest BCUT2D eigenvalue weighted by Gasteiger charge is -2.33. The summed E-state index contributed by atoms with van der Waals surface area (Å²) < 4.78 is 5.26. The Kier molecular flexibility index (Phi) is 8.86. The van der Waals surface area contributed by atoms with E-state index in [1.807, 2.05) is 99.6 Å². The van der Waals surface area contributed by atoms with E-state index in [-0.39, 0.29) is 17.7 Å². The molecule has 1 unspecified atom stereocenters. The maximum atomic E-state index is 13.5. The van der Waals surface area contributed by atoms with E-state index >= 15 is 0 Å². The molecule has 1 atom stereocenters. The summed E-state index contributed by atoms with van der Waals surface area (Å²) in [6, 6.07) is 24.9. The van der Waals surface area contributed by atoms with Crippen molar-refractivity contribution in [3.63, 3.8) is 0 Å². The van der Waals surface area contributed by atoms with E-state index in [1.165, 1.54) is 5.56 Å². The number of aryl methyl sites for hydroxylation is 1. The van der Waals surface area contributed by atoms with Crippen LogP contribution in [0, 0.1) is 12.8 Å². The van der Waals surface area contributed by atoms with E-state index in [1.54, 1.807) is 12.0 Å². The Labute approximate surface area is 202 Å². The van der Waals surface area contributed by atoms with Crippen LogP contribution >= 0.6 is 0 Å². The van der Waals surface area contributed by atoms with Gasteiger partial charge in [-0.2, -0.15) is 0 Å². The van der Waals surface area contributed by atoms with Crippen LogP contribution in [-0.4, -0.2) is 29.9 Å². The maximum absolute atomic E-state index is 13.5. The number of benzene rings is 3. The topological polar surface area (TPSA) is 58.6 Å². The van der Waals surface area contributed by atoms with Crippen molar-refractivity contribution in [2.24, 2.45) is 5.92 Å². The monoisotopic (exact) mass is 458 g/mol. The Morgan fingerprint density at radius 3 is 2.06 bits per heavy atom. The summed E-state index contributed by atoms with van der Waals surface area (Å²) in [7, 11) is 1.62. The molecule has 1 N–H and O–H groups in total. The quantitative estimate of drug-likeness (QED) is 0.469.